The molecule has 1 atom stereocenters. The SMILES string of the molecule is O=C(O)C1CCN(S(=O)(=O)c2ccc(C(F)F)cc2)C1. The first kappa shape index (κ1) is 14.9. The summed E-state index contributed by atoms with van der Waals surface area (Å²) in [5, 5.41) is 8.86. The molecule has 1 unspecified atom stereocenters. The molecule has 20 heavy (non-hydrogen) atoms. The van der Waals surface area contributed by atoms with Gasteiger partial charge >= 0.3 is 5.97 Å². The van der Waals surface area contributed by atoms with E-state index in [0.717, 1.165) is 28.6 Å². The molecule has 1 aliphatic heterocycles. The number of aliphatic carboxylic acids is 1. The van der Waals surface area contributed by atoms with Gasteiger partial charge in [-0.1, -0.05) is 12.1 Å². The van der Waals surface area contributed by atoms with Crippen LogP contribution in [0, 0.1) is 5.92 Å². The second-order valence-corrected chi connectivity index (χ2v) is 6.49. The minimum absolute atomic E-state index is 0.0890. The zero-order chi connectivity index (χ0) is 14.9. The molecule has 1 saturated heterocycles. The van der Waals surface area contributed by atoms with Gasteiger partial charge in [-0.3, -0.25) is 4.79 Å². The van der Waals surface area contributed by atoms with Crippen LogP contribution in [0.15, 0.2) is 29.2 Å². The Labute approximate surface area is 114 Å². The van der Waals surface area contributed by atoms with Crippen LogP contribution >= 0.6 is 0 Å². The van der Waals surface area contributed by atoms with E-state index < -0.39 is 28.3 Å². The predicted molar refractivity (Wildman–Crippen MR) is 65.9 cm³/mol. The fourth-order valence-corrected chi connectivity index (χ4v) is 3.58. The van der Waals surface area contributed by atoms with Crippen molar-refractivity contribution >= 4 is 16.0 Å². The smallest absolute Gasteiger partial charge is 0.307 e. The minimum Gasteiger partial charge on any atom is -0.481 e. The number of benzene rings is 1. The van der Waals surface area contributed by atoms with Crippen molar-refractivity contribution < 1.29 is 27.1 Å². The first-order valence-electron chi connectivity index (χ1n) is 5.93. The topological polar surface area (TPSA) is 74.7 Å². The van der Waals surface area contributed by atoms with E-state index in [0.29, 0.717) is 0 Å². The summed E-state index contributed by atoms with van der Waals surface area (Å²) in [6.45, 7) is 0.0319. The molecule has 0 radical (unpaired) electrons. The number of nitrogens with zero attached hydrogens (tertiary/aromatic N) is 1. The van der Waals surface area contributed by atoms with Crippen LogP contribution in [0.2, 0.25) is 0 Å². The van der Waals surface area contributed by atoms with E-state index in [9.17, 15) is 22.0 Å². The quantitative estimate of drug-likeness (QED) is 0.919. The Balaban J connectivity index is 2.21. The highest BCUT2D eigenvalue weighted by molar-refractivity contribution is 7.89. The molecular weight excluding hydrogens is 292 g/mol. The van der Waals surface area contributed by atoms with E-state index in [-0.39, 0.29) is 30.0 Å². The molecule has 5 nitrogen and oxygen atoms in total. The number of carbonyl (C=O) groups is 1. The number of alkyl halides is 2. The number of sulfonamides is 1. The van der Waals surface area contributed by atoms with Crippen molar-refractivity contribution in [2.45, 2.75) is 17.7 Å². The van der Waals surface area contributed by atoms with Crippen LogP contribution in [-0.2, 0) is 14.8 Å². The molecule has 2 rings (SSSR count). The molecule has 0 amide bonds. The van der Waals surface area contributed by atoms with Gasteiger partial charge in [-0.2, -0.15) is 4.31 Å². The van der Waals surface area contributed by atoms with Crippen molar-refractivity contribution in [3.05, 3.63) is 29.8 Å². The Morgan fingerprint density at radius 3 is 2.35 bits per heavy atom. The number of rotatable bonds is 4. The second-order valence-electron chi connectivity index (χ2n) is 4.56. The molecule has 1 aromatic rings. The molecule has 0 aromatic heterocycles. The van der Waals surface area contributed by atoms with Gasteiger partial charge in [0.15, 0.2) is 0 Å². The molecule has 0 aliphatic carbocycles. The zero-order valence-corrected chi connectivity index (χ0v) is 11.2. The van der Waals surface area contributed by atoms with Crippen molar-refractivity contribution in [1.29, 1.82) is 0 Å². The van der Waals surface area contributed by atoms with Crippen molar-refractivity contribution in [2.75, 3.05) is 13.1 Å². The lowest BCUT2D eigenvalue weighted by Crippen LogP contribution is -2.30. The molecule has 110 valence electrons. The maximum atomic E-state index is 12.4. The lowest BCUT2D eigenvalue weighted by atomic mass is 10.1. The third kappa shape index (κ3) is 2.80. The van der Waals surface area contributed by atoms with Gasteiger partial charge in [-0.25, -0.2) is 17.2 Å². The number of carboxylic acids is 1. The largest absolute Gasteiger partial charge is 0.481 e. The van der Waals surface area contributed by atoms with Crippen LogP contribution in [0.4, 0.5) is 8.78 Å². The van der Waals surface area contributed by atoms with Crippen LogP contribution in [-0.4, -0.2) is 36.9 Å². The number of hydrogen-bond acceptors (Lipinski definition) is 3. The van der Waals surface area contributed by atoms with E-state index in [1.165, 1.54) is 0 Å². The number of hydrogen-bond donors (Lipinski definition) is 1. The lowest BCUT2D eigenvalue weighted by molar-refractivity contribution is -0.141. The molecular formula is C12H13F2NO4S. The molecule has 8 heteroatoms. The van der Waals surface area contributed by atoms with Crippen LogP contribution in [0.25, 0.3) is 0 Å². The van der Waals surface area contributed by atoms with E-state index in [1.54, 1.807) is 0 Å². The first-order valence-corrected chi connectivity index (χ1v) is 7.37. The first-order chi connectivity index (χ1) is 9.32. The van der Waals surface area contributed by atoms with Gasteiger partial charge in [-0.05, 0) is 18.6 Å². The van der Waals surface area contributed by atoms with Crippen LogP contribution in [0.5, 0.6) is 0 Å². The maximum absolute atomic E-state index is 12.4. The highest BCUT2D eigenvalue weighted by Gasteiger charge is 2.35. The summed E-state index contributed by atoms with van der Waals surface area (Å²) in [5.74, 6) is -1.75. The summed E-state index contributed by atoms with van der Waals surface area (Å²) in [5.41, 5.74) is -0.256. The summed E-state index contributed by atoms with van der Waals surface area (Å²) < 4.78 is 50.4. The molecule has 1 fully saturated rings. The van der Waals surface area contributed by atoms with Crippen molar-refractivity contribution in [3.8, 4) is 0 Å². The van der Waals surface area contributed by atoms with E-state index in [2.05, 4.69) is 0 Å². The molecule has 1 heterocycles. The van der Waals surface area contributed by atoms with E-state index in [1.807, 2.05) is 0 Å². The van der Waals surface area contributed by atoms with Gasteiger partial charge in [-0.15, -0.1) is 0 Å². The molecule has 1 aliphatic rings. The lowest BCUT2D eigenvalue weighted by Gasteiger charge is -2.16. The van der Waals surface area contributed by atoms with E-state index in [4.69, 9.17) is 5.11 Å². The van der Waals surface area contributed by atoms with Gasteiger partial charge in [0.25, 0.3) is 6.43 Å². The van der Waals surface area contributed by atoms with Crippen molar-refractivity contribution in [3.63, 3.8) is 0 Å². The Morgan fingerprint density at radius 2 is 1.90 bits per heavy atom. The van der Waals surface area contributed by atoms with Gasteiger partial charge in [0.1, 0.15) is 0 Å². The standard InChI is InChI=1S/C12H13F2NO4S/c13-11(14)8-1-3-10(4-2-8)20(18,19)15-6-5-9(7-15)12(16)17/h1-4,9,11H,5-7H2,(H,16,17). The van der Waals surface area contributed by atoms with Gasteiger partial charge in [0, 0.05) is 18.7 Å². The molecule has 1 N–H and O–H groups in total. The maximum Gasteiger partial charge on any atom is 0.307 e. The highest BCUT2D eigenvalue weighted by atomic mass is 32.2. The Hall–Kier alpha value is -1.54. The van der Waals surface area contributed by atoms with Crippen molar-refractivity contribution in [2.24, 2.45) is 5.92 Å². The average Bonchev–Trinajstić information content (AvgIpc) is 2.89. The molecule has 0 saturated carbocycles. The van der Waals surface area contributed by atoms with Gasteiger partial charge in [0.05, 0.1) is 10.8 Å². The monoisotopic (exact) mass is 305 g/mol. The summed E-state index contributed by atoms with van der Waals surface area (Å²) in [6.07, 6.45) is -2.40. The molecule has 0 spiro atoms. The third-order valence-corrected chi connectivity index (χ3v) is 5.15. The van der Waals surface area contributed by atoms with Gasteiger partial charge in [0.2, 0.25) is 10.0 Å². The Kier molecular flexibility index (Phi) is 4.05. The van der Waals surface area contributed by atoms with Crippen LogP contribution in [0.3, 0.4) is 0 Å². The molecule has 1 aromatic carbocycles. The molecule has 0 bridgehead atoms. The number of halogens is 2. The second kappa shape index (κ2) is 5.45. The van der Waals surface area contributed by atoms with Crippen LogP contribution < -0.4 is 0 Å². The normalized spacial score (nSPS) is 20.4. The zero-order valence-electron chi connectivity index (χ0n) is 10.4. The highest BCUT2D eigenvalue weighted by Crippen LogP contribution is 2.26. The predicted octanol–water partition coefficient (Wildman–Crippen LogP) is 1.72. The van der Waals surface area contributed by atoms with E-state index >= 15 is 0 Å². The summed E-state index contributed by atoms with van der Waals surface area (Å²) >= 11 is 0. The Bertz CT molecular complexity index is 600. The summed E-state index contributed by atoms with van der Waals surface area (Å²) in [6, 6.07) is 4.35. The Morgan fingerprint density at radius 1 is 1.30 bits per heavy atom. The van der Waals surface area contributed by atoms with Crippen LogP contribution in [0.1, 0.15) is 18.4 Å². The van der Waals surface area contributed by atoms with Crippen molar-refractivity contribution in [1.82, 2.24) is 4.31 Å². The third-order valence-electron chi connectivity index (χ3n) is 3.27. The fraction of sp³-hybridized carbons (Fsp3) is 0.417. The van der Waals surface area contributed by atoms with Gasteiger partial charge < -0.3 is 5.11 Å². The average molecular weight is 305 g/mol. The summed E-state index contributed by atoms with van der Waals surface area (Å²) in [4.78, 5) is 10.7. The fourth-order valence-electron chi connectivity index (χ4n) is 2.08. The summed E-state index contributed by atoms with van der Waals surface area (Å²) in [7, 11) is -3.82. The number of carboxylic acid groups (broad SMARTS) is 1. The minimum atomic E-state index is -3.82.